The normalized spacial score (nSPS) is 11.7. The van der Waals surface area contributed by atoms with Crippen LogP contribution in [-0.4, -0.2) is 7.11 Å². The van der Waals surface area contributed by atoms with Gasteiger partial charge in [0.2, 0.25) is 0 Å². The Hall–Kier alpha value is -1.93. The highest BCUT2D eigenvalue weighted by Gasteiger charge is 2.07. The number of rotatable bonds is 5. The van der Waals surface area contributed by atoms with Crippen molar-refractivity contribution in [1.29, 1.82) is 0 Å². The Kier molecular flexibility index (Phi) is 4.48. The Morgan fingerprint density at radius 2 is 1.74 bits per heavy atom. The summed E-state index contributed by atoms with van der Waals surface area (Å²) in [5, 5.41) is 4.13. The van der Waals surface area contributed by atoms with E-state index >= 15 is 0 Å². The van der Waals surface area contributed by atoms with E-state index in [1.807, 2.05) is 54.6 Å². The first kappa shape index (κ1) is 13.5. The third-order valence-electron chi connectivity index (χ3n) is 2.88. The van der Waals surface area contributed by atoms with Crippen LogP contribution in [0, 0.1) is 0 Å². The van der Waals surface area contributed by atoms with E-state index in [0.29, 0.717) is 0 Å². The van der Waals surface area contributed by atoms with E-state index < -0.39 is 0 Å². The molecule has 1 atom stereocenters. The summed E-state index contributed by atoms with van der Waals surface area (Å²) >= 11 is 5.89. The molecule has 2 nitrogen and oxygen atoms in total. The summed E-state index contributed by atoms with van der Waals surface area (Å²) in [6.07, 6.45) is 1.87. The maximum absolute atomic E-state index is 5.89. The van der Waals surface area contributed by atoms with Crippen LogP contribution in [0.4, 0.5) is 5.69 Å². The first-order chi connectivity index (χ1) is 9.22. The highest BCUT2D eigenvalue weighted by molar-refractivity contribution is 6.30. The minimum Gasteiger partial charge on any atom is -0.497 e. The molecule has 2 aromatic rings. The summed E-state index contributed by atoms with van der Waals surface area (Å²) < 4.78 is 5.14. The molecule has 0 heterocycles. The summed E-state index contributed by atoms with van der Waals surface area (Å²) in [7, 11) is 1.66. The zero-order chi connectivity index (χ0) is 13.7. The fourth-order valence-corrected chi connectivity index (χ4v) is 1.94. The molecule has 0 unspecified atom stereocenters. The van der Waals surface area contributed by atoms with E-state index in [-0.39, 0.29) is 6.04 Å². The topological polar surface area (TPSA) is 21.3 Å². The van der Waals surface area contributed by atoms with Crippen LogP contribution >= 0.6 is 11.6 Å². The summed E-state index contributed by atoms with van der Waals surface area (Å²) in [4.78, 5) is 0. The predicted octanol–water partition coefficient (Wildman–Crippen LogP) is 4.69. The van der Waals surface area contributed by atoms with Gasteiger partial charge < -0.3 is 10.1 Å². The Bertz CT molecular complexity index is 534. The van der Waals surface area contributed by atoms with E-state index in [2.05, 4.69) is 11.9 Å². The van der Waals surface area contributed by atoms with Crippen molar-refractivity contribution in [2.24, 2.45) is 0 Å². The van der Waals surface area contributed by atoms with Crippen molar-refractivity contribution in [2.45, 2.75) is 6.04 Å². The quantitative estimate of drug-likeness (QED) is 0.798. The van der Waals surface area contributed by atoms with Crippen LogP contribution < -0.4 is 10.1 Å². The van der Waals surface area contributed by atoms with Gasteiger partial charge in [-0.15, -0.1) is 6.58 Å². The van der Waals surface area contributed by atoms with Crippen LogP contribution in [0.15, 0.2) is 61.2 Å². The van der Waals surface area contributed by atoms with E-state index in [0.717, 1.165) is 22.0 Å². The molecule has 0 aliphatic carbocycles. The standard InChI is InChI=1S/C16H16ClNO/c1-3-16(12-4-6-13(17)7-5-12)18-14-8-10-15(19-2)11-9-14/h3-11,16,18H,1H2,2H3/t16-/m1/s1. The molecular weight excluding hydrogens is 258 g/mol. The molecule has 0 amide bonds. The van der Waals surface area contributed by atoms with Gasteiger partial charge in [0, 0.05) is 10.7 Å². The van der Waals surface area contributed by atoms with Crippen molar-refractivity contribution >= 4 is 17.3 Å². The van der Waals surface area contributed by atoms with Crippen molar-refractivity contribution in [3.8, 4) is 5.75 Å². The minimum absolute atomic E-state index is 0.0469. The van der Waals surface area contributed by atoms with Crippen LogP contribution in [0.5, 0.6) is 5.75 Å². The third-order valence-corrected chi connectivity index (χ3v) is 3.13. The number of ether oxygens (including phenoxy) is 1. The molecular formula is C16H16ClNO. The fraction of sp³-hybridized carbons (Fsp3) is 0.125. The lowest BCUT2D eigenvalue weighted by molar-refractivity contribution is 0.415. The van der Waals surface area contributed by atoms with Crippen molar-refractivity contribution in [2.75, 3.05) is 12.4 Å². The molecule has 3 heteroatoms. The maximum atomic E-state index is 5.89. The summed E-state index contributed by atoms with van der Waals surface area (Å²) in [6.45, 7) is 3.87. The van der Waals surface area contributed by atoms with Gasteiger partial charge in [-0.3, -0.25) is 0 Å². The molecule has 0 aliphatic heterocycles. The number of benzene rings is 2. The number of hydrogen-bond acceptors (Lipinski definition) is 2. The lowest BCUT2D eigenvalue weighted by atomic mass is 10.1. The van der Waals surface area contributed by atoms with Gasteiger partial charge in [0.1, 0.15) is 5.75 Å². The fourth-order valence-electron chi connectivity index (χ4n) is 1.82. The molecule has 0 spiro atoms. The van der Waals surface area contributed by atoms with Gasteiger partial charge in [-0.2, -0.15) is 0 Å². The van der Waals surface area contributed by atoms with Crippen molar-refractivity contribution < 1.29 is 4.74 Å². The van der Waals surface area contributed by atoms with Crippen LogP contribution in [-0.2, 0) is 0 Å². The molecule has 0 radical (unpaired) electrons. The van der Waals surface area contributed by atoms with Gasteiger partial charge in [0.15, 0.2) is 0 Å². The van der Waals surface area contributed by atoms with Gasteiger partial charge in [-0.05, 0) is 42.0 Å². The molecule has 98 valence electrons. The molecule has 1 N–H and O–H groups in total. The van der Waals surface area contributed by atoms with Crippen LogP contribution in [0.2, 0.25) is 5.02 Å². The van der Waals surface area contributed by atoms with Gasteiger partial charge >= 0.3 is 0 Å². The van der Waals surface area contributed by atoms with E-state index in [1.165, 1.54) is 0 Å². The molecule has 0 bridgehead atoms. The second kappa shape index (κ2) is 6.30. The van der Waals surface area contributed by atoms with Gasteiger partial charge in [-0.25, -0.2) is 0 Å². The smallest absolute Gasteiger partial charge is 0.119 e. The highest BCUT2D eigenvalue weighted by Crippen LogP contribution is 2.23. The molecule has 2 rings (SSSR count). The lowest BCUT2D eigenvalue weighted by Gasteiger charge is -2.17. The van der Waals surface area contributed by atoms with Crippen LogP contribution in [0.25, 0.3) is 0 Å². The van der Waals surface area contributed by atoms with E-state index in [1.54, 1.807) is 7.11 Å². The zero-order valence-corrected chi connectivity index (χ0v) is 11.5. The average molecular weight is 274 g/mol. The number of anilines is 1. The summed E-state index contributed by atoms with van der Waals surface area (Å²) in [5.74, 6) is 0.840. The molecule has 0 fully saturated rings. The van der Waals surface area contributed by atoms with Gasteiger partial charge in [0.25, 0.3) is 0 Å². The minimum atomic E-state index is 0.0469. The number of nitrogens with one attached hydrogen (secondary N) is 1. The van der Waals surface area contributed by atoms with Crippen LogP contribution in [0.1, 0.15) is 11.6 Å². The second-order valence-electron chi connectivity index (χ2n) is 4.14. The average Bonchev–Trinajstić information content (AvgIpc) is 2.46. The first-order valence-corrected chi connectivity index (χ1v) is 6.39. The SMILES string of the molecule is C=C[C@@H](Nc1ccc(OC)cc1)c1ccc(Cl)cc1. The Morgan fingerprint density at radius 3 is 2.26 bits per heavy atom. The molecule has 19 heavy (non-hydrogen) atoms. The Balaban J connectivity index is 2.14. The number of halogens is 1. The van der Waals surface area contributed by atoms with E-state index in [9.17, 15) is 0 Å². The molecule has 0 aromatic heterocycles. The Labute approximate surface area is 118 Å². The largest absolute Gasteiger partial charge is 0.497 e. The van der Waals surface area contributed by atoms with Crippen molar-refractivity contribution in [1.82, 2.24) is 0 Å². The molecule has 2 aromatic carbocycles. The Morgan fingerprint density at radius 1 is 1.11 bits per heavy atom. The lowest BCUT2D eigenvalue weighted by Crippen LogP contribution is -2.07. The van der Waals surface area contributed by atoms with Gasteiger partial charge in [-0.1, -0.05) is 29.8 Å². The third kappa shape index (κ3) is 3.52. The molecule has 0 saturated carbocycles. The summed E-state index contributed by atoms with van der Waals surface area (Å²) in [6, 6.07) is 15.6. The molecule has 0 aliphatic rings. The van der Waals surface area contributed by atoms with Crippen LogP contribution in [0.3, 0.4) is 0 Å². The zero-order valence-electron chi connectivity index (χ0n) is 10.8. The van der Waals surface area contributed by atoms with Gasteiger partial charge in [0.05, 0.1) is 13.2 Å². The second-order valence-corrected chi connectivity index (χ2v) is 4.57. The number of hydrogen-bond donors (Lipinski definition) is 1. The predicted molar refractivity (Wildman–Crippen MR) is 81.0 cm³/mol. The molecule has 0 saturated heterocycles. The number of methoxy groups -OCH3 is 1. The first-order valence-electron chi connectivity index (χ1n) is 6.01. The summed E-state index contributed by atoms with van der Waals surface area (Å²) in [5.41, 5.74) is 2.14. The van der Waals surface area contributed by atoms with Crippen molar-refractivity contribution in [3.63, 3.8) is 0 Å². The van der Waals surface area contributed by atoms with Crippen molar-refractivity contribution in [3.05, 3.63) is 71.8 Å². The highest BCUT2D eigenvalue weighted by atomic mass is 35.5. The maximum Gasteiger partial charge on any atom is 0.119 e. The monoisotopic (exact) mass is 273 g/mol. The van der Waals surface area contributed by atoms with E-state index in [4.69, 9.17) is 16.3 Å².